The van der Waals surface area contributed by atoms with Gasteiger partial charge >= 0.3 is 0 Å². The molecule has 0 atom stereocenters. The highest BCUT2D eigenvalue weighted by molar-refractivity contribution is 7.26. The standard InChI is InChI=1S/C32H19NS/c1-2-7-20(8-3-1)23-10-4-11-24(19-23)33-25-12-5-9-21-15-16-22-17-18-28-32(30(22)29(21)25)31-26(33)13-6-14-27(31)34-28/h1-19H. The molecule has 0 saturated carbocycles. The van der Waals surface area contributed by atoms with Crippen molar-refractivity contribution in [1.29, 1.82) is 0 Å². The van der Waals surface area contributed by atoms with Gasteiger partial charge in [0.05, 0.1) is 11.0 Å². The molecule has 8 aromatic rings. The van der Waals surface area contributed by atoms with Crippen LogP contribution < -0.4 is 0 Å². The van der Waals surface area contributed by atoms with Crippen molar-refractivity contribution in [3.63, 3.8) is 0 Å². The van der Waals surface area contributed by atoms with Crippen molar-refractivity contribution in [2.75, 3.05) is 0 Å². The van der Waals surface area contributed by atoms with Crippen LogP contribution in [0.1, 0.15) is 0 Å². The molecule has 0 radical (unpaired) electrons. The van der Waals surface area contributed by atoms with Crippen molar-refractivity contribution >= 4 is 64.1 Å². The van der Waals surface area contributed by atoms with Gasteiger partial charge in [0.1, 0.15) is 0 Å². The Hall–Kier alpha value is -4.14. The second kappa shape index (κ2) is 6.69. The summed E-state index contributed by atoms with van der Waals surface area (Å²) < 4.78 is 5.18. The lowest BCUT2D eigenvalue weighted by Crippen LogP contribution is -1.97. The van der Waals surface area contributed by atoms with Crippen LogP contribution in [0.3, 0.4) is 0 Å². The molecular weight excluding hydrogens is 430 g/mol. The van der Waals surface area contributed by atoms with Gasteiger partial charge < -0.3 is 4.57 Å². The minimum Gasteiger partial charge on any atom is -0.309 e. The lowest BCUT2D eigenvalue weighted by atomic mass is 9.97. The first-order valence-electron chi connectivity index (χ1n) is 11.6. The minimum atomic E-state index is 1.19. The molecule has 2 heteroatoms. The number of thiophene rings is 1. The quantitative estimate of drug-likeness (QED) is 0.232. The molecule has 1 nitrogen and oxygen atoms in total. The lowest BCUT2D eigenvalue weighted by Gasteiger charge is -2.14. The van der Waals surface area contributed by atoms with Gasteiger partial charge in [-0.25, -0.2) is 0 Å². The van der Waals surface area contributed by atoms with E-state index < -0.39 is 0 Å². The highest BCUT2D eigenvalue weighted by Gasteiger charge is 2.19. The summed E-state index contributed by atoms with van der Waals surface area (Å²) in [7, 11) is 0. The molecule has 0 aliphatic carbocycles. The van der Waals surface area contributed by atoms with E-state index in [1.54, 1.807) is 0 Å². The highest BCUT2D eigenvalue weighted by atomic mass is 32.1. The number of aromatic nitrogens is 1. The summed E-state index contributed by atoms with van der Waals surface area (Å²) >= 11 is 1.90. The van der Waals surface area contributed by atoms with Gasteiger partial charge in [0, 0.05) is 36.6 Å². The summed E-state index contributed by atoms with van der Waals surface area (Å²) in [4.78, 5) is 0. The Bertz CT molecular complexity index is 2010. The van der Waals surface area contributed by atoms with Crippen molar-refractivity contribution in [1.82, 2.24) is 4.57 Å². The van der Waals surface area contributed by atoms with E-state index in [-0.39, 0.29) is 0 Å². The third-order valence-electron chi connectivity index (χ3n) is 7.13. The van der Waals surface area contributed by atoms with Crippen LogP contribution >= 0.6 is 11.3 Å². The van der Waals surface area contributed by atoms with Crippen LogP contribution in [-0.4, -0.2) is 4.57 Å². The summed E-state index contributed by atoms with van der Waals surface area (Å²) in [6.45, 7) is 0. The Morgan fingerprint density at radius 2 is 1.12 bits per heavy atom. The summed E-state index contributed by atoms with van der Waals surface area (Å²) in [5.74, 6) is 0. The van der Waals surface area contributed by atoms with Crippen molar-refractivity contribution in [2.24, 2.45) is 0 Å². The number of hydrogen-bond acceptors (Lipinski definition) is 1. The molecule has 0 spiro atoms. The van der Waals surface area contributed by atoms with Crippen LogP contribution in [0.5, 0.6) is 0 Å². The summed E-state index contributed by atoms with van der Waals surface area (Å²) in [6, 6.07) is 42.2. The fourth-order valence-corrected chi connectivity index (χ4v) is 6.83. The zero-order valence-corrected chi connectivity index (χ0v) is 19.1. The first-order chi connectivity index (χ1) is 16.9. The molecule has 6 aromatic carbocycles. The smallest absolute Gasteiger partial charge is 0.0555 e. The van der Waals surface area contributed by atoms with Crippen LogP contribution in [-0.2, 0) is 0 Å². The Kier molecular flexibility index (Phi) is 3.60. The maximum absolute atomic E-state index is 2.47. The maximum atomic E-state index is 2.47. The normalized spacial score (nSPS) is 12.1. The van der Waals surface area contributed by atoms with Gasteiger partial charge in [-0.2, -0.15) is 0 Å². The lowest BCUT2D eigenvalue weighted by molar-refractivity contribution is 1.17. The van der Waals surface area contributed by atoms with E-state index in [2.05, 4.69) is 120 Å². The molecule has 2 heterocycles. The van der Waals surface area contributed by atoms with Gasteiger partial charge in [0.15, 0.2) is 0 Å². The van der Waals surface area contributed by atoms with Gasteiger partial charge in [-0.05, 0) is 58.3 Å². The van der Waals surface area contributed by atoms with Crippen molar-refractivity contribution in [3.05, 3.63) is 115 Å². The van der Waals surface area contributed by atoms with Gasteiger partial charge in [0.25, 0.3) is 0 Å². The van der Waals surface area contributed by atoms with Crippen molar-refractivity contribution < 1.29 is 0 Å². The van der Waals surface area contributed by atoms with Gasteiger partial charge in [-0.3, -0.25) is 0 Å². The molecule has 0 aliphatic heterocycles. The van der Waals surface area contributed by atoms with E-state index in [4.69, 9.17) is 0 Å². The highest BCUT2D eigenvalue weighted by Crippen LogP contribution is 2.46. The van der Waals surface area contributed by atoms with E-state index >= 15 is 0 Å². The molecule has 0 saturated heterocycles. The molecule has 34 heavy (non-hydrogen) atoms. The monoisotopic (exact) mass is 449 g/mol. The summed E-state index contributed by atoms with van der Waals surface area (Å²) in [6.07, 6.45) is 0. The maximum Gasteiger partial charge on any atom is 0.0555 e. The van der Waals surface area contributed by atoms with Crippen molar-refractivity contribution in [3.8, 4) is 16.8 Å². The molecule has 2 aromatic heterocycles. The zero-order chi connectivity index (χ0) is 22.2. The van der Waals surface area contributed by atoms with Crippen LogP contribution in [0.4, 0.5) is 0 Å². The Morgan fingerprint density at radius 3 is 2.00 bits per heavy atom. The summed E-state index contributed by atoms with van der Waals surface area (Å²) in [5, 5.41) is 8.07. The third-order valence-corrected chi connectivity index (χ3v) is 8.25. The second-order valence-corrected chi connectivity index (χ2v) is 10.1. The number of nitrogens with zero attached hydrogens (tertiary/aromatic N) is 1. The predicted molar refractivity (Wildman–Crippen MR) is 148 cm³/mol. The average Bonchev–Trinajstić information content (AvgIpc) is 3.22. The van der Waals surface area contributed by atoms with E-state index in [0.717, 1.165) is 0 Å². The predicted octanol–water partition coefficient (Wildman–Crippen LogP) is 9.41. The van der Waals surface area contributed by atoms with E-state index in [0.29, 0.717) is 0 Å². The number of benzene rings is 6. The van der Waals surface area contributed by atoms with Crippen LogP contribution in [0, 0.1) is 0 Å². The molecule has 8 rings (SSSR count). The molecule has 0 bridgehead atoms. The fourth-order valence-electron chi connectivity index (χ4n) is 5.70. The first kappa shape index (κ1) is 18.3. The molecule has 0 unspecified atom stereocenters. The molecule has 0 aliphatic rings. The van der Waals surface area contributed by atoms with Crippen LogP contribution in [0.2, 0.25) is 0 Å². The van der Waals surface area contributed by atoms with Crippen LogP contribution in [0.15, 0.2) is 115 Å². The Balaban J connectivity index is 1.64. The molecule has 0 amide bonds. The van der Waals surface area contributed by atoms with E-state index in [1.165, 1.54) is 69.6 Å². The summed E-state index contributed by atoms with van der Waals surface area (Å²) in [5.41, 5.74) is 6.15. The zero-order valence-electron chi connectivity index (χ0n) is 18.3. The Labute approximate surface area is 200 Å². The SMILES string of the molecule is c1ccc(-c2cccc(-n3c4cccc5ccc6ccc7sc8cccc3c8c7c6c54)c2)cc1. The van der Waals surface area contributed by atoms with Gasteiger partial charge in [-0.1, -0.05) is 78.9 Å². The first-order valence-corrected chi connectivity index (χ1v) is 12.4. The topological polar surface area (TPSA) is 4.93 Å². The number of hydrogen-bond donors (Lipinski definition) is 0. The molecular formula is C32H19NS. The minimum absolute atomic E-state index is 1.19. The average molecular weight is 450 g/mol. The van der Waals surface area contributed by atoms with Crippen LogP contribution in [0.25, 0.3) is 69.6 Å². The van der Waals surface area contributed by atoms with E-state index in [9.17, 15) is 0 Å². The van der Waals surface area contributed by atoms with Gasteiger partial charge in [-0.15, -0.1) is 11.3 Å². The van der Waals surface area contributed by atoms with Gasteiger partial charge in [0.2, 0.25) is 0 Å². The molecule has 0 N–H and O–H groups in total. The number of rotatable bonds is 2. The second-order valence-electron chi connectivity index (χ2n) is 8.98. The largest absolute Gasteiger partial charge is 0.309 e. The third kappa shape index (κ3) is 2.38. The Morgan fingerprint density at radius 1 is 0.441 bits per heavy atom. The van der Waals surface area contributed by atoms with Crippen molar-refractivity contribution in [2.45, 2.75) is 0 Å². The molecule has 158 valence electrons. The molecule has 0 fully saturated rings. The van der Waals surface area contributed by atoms with E-state index in [1.807, 2.05) is 11.3 Å². The fraction of sp³-hybridized carbons (Fsp3) is 0.